The highest BCUT2D eigenvalue weighted by Crippen LogP contribution is 2.09. The lowest BCUT2D eigenvalue weighted by molar-refractivity contribution is 0.704. The molecule has 0 N–H and O–H groups in total. The molecule has 68 valence electrons. The van der Waals surface area contributed by atoms with Crippen LogP contribution in [-0.2, 0) is 13.5 Å². The van der Waals surface area contributed by atoms with Crippen LogP contribution in [0.5, 0.6) is 0 Å². The maximum atomic E-state index is 4.51. The van der Waals surface area contributed by atoms with Crippen molar-refractivity contribution in [3.63, 3.8) is 0 Å². The summed E-state index contributed by atoms with van der Waals surface area (Å²) in [6.45, 7) is 6.41. The van der Waals surface area contributed by atoms with Crippen molar-refractivity contribution in [3.8, 4) is 0 Å². The normalized spacial score (nSPS) is 10.7. The van der Waals surface area contributed by atoms with Gasteiger partial charge < -0.3 is 4.57 Å². The van der Waals surface area contributed by atoms with Crippen molar-refractivity contribution in [1.29, 1.82) is 0 Å². The second-order valence-electron chi connectivity index (χ2n) is 3.36. The largest absolute Gasteiger partial charge is 0.335 e. The van der Waals surface area contributed by atoms with Crippen LogP contribution >= 0.6 is 0 Å². The Labute approximate surface area is 74.6 Å². The summed E-state index contributed by atoms with van der Waals surface area (Å²) in [7, 11) is 2.10. The number of nitrogens with zero attached hydrogens (tertiary/aromatic N) is 2. The zero-order valence-electron chi connectivity index (χ0n) is 8.52. The number of hydrogen-bond acceptors (Lipinski definition) is 1. The Hall–Kier alpha value is -0.790. The monoisotopic (exact) mass is 166 g/mol. The van der Waals surface area contributed by atoms with Gasteiger partial charge in [0.2, 0.25) is 0 Å². The van der Waals surface area contributed by atoms with E-state index in [0.717, 1.165) is 6.42 Å². The minimum Gasteiger partial charge on any atom is -0.335 e. The molecule has 0 aliphatic carbocycles. The fraction of sp³-hybridized carbons (Fsp3) is 0.700. The minimum atomic E-state index is 1.11. The second-order valence-corrected chi connectivity index (χ2v) is 3.36. The van der Waals surface area contributed by atoms with Crippen molar-refractivity contribution in [2.24, 2.45) is 7.05 Å². The van der Waals surface area contributed by atoms with Gasteiger partial charge in [-0.25, -0.2) is 4.98 Å². The molecule has 0 aliphatic rings. The third kappa shape index (κ3) is 1.68. The molecule has 0 aliphatic heterocycles. The first-order valence-corrected chi connectivity index (χ1v) is 4.65. The fourth-order valence-corrected chi connectivity index (χ4v) is 1.34. The predicted octanol–water partition coefficient (Wildman–Crippen LogP) is 2.38. The Morgan fingerprint density at radius 2 is 2.00 bits per heavy atom. The fourth-order valence-electron chi connectivity index (χ4n) is 1.34. The highest BCUT2D eigenvalue weighted by Gasteiger charge is 2.05. The van der Waals surface area contributed by atoms with Gasteiger partial charge in [-0.2, -0.15) is 0 Å². The van der Waals surface area contributed by atoms with E-state index in [1.165, 1.54) is 30.1 Å². The van der Waals surface area contributed by atoms with E-state index >= 15 is 0 Å². The molecule has 0 saturated heterocycles. The summed E-state index contributed by atoms with van der Waals surface area (Å²) in [6, 6.07) is 0. The Bertz CT molecular complexity index is 261. The molecule has 1 aromatic heterocycles. The second kappa shape index (κ2) is 3.74. The van der Waals surface area contributed by atoms with Crippen LogP contribution < -0.4 is 0 Å². The van der Waals surface area contributed by atoms with E-state index < -0.39 is 0 Å². The molecule has 1 heterocycles. The summed E-state index contributed by atoms with van der Waals surface area (Å²) in [5.41, 5.74) is 2.46. The van der Waals surface area contributed by atoms with Gasteiger partial charge in [-0.05, 0) is 20.3 Å². The van der Waals surface area contributed by atoms with Crippen molar-refractivity contribution >= 4 is 0 Å². The lowest BCUT2D eigenvalue weighted by Gasteiger charge is -2.01. The zero-order valence-corrected chi connectivity index (χ0v) is 8.52. The molecule has 0 atom stereocenters. The van der Waals surface area contributed by atoms with Crippen molar-refractivity contribution in [1.82, 2.24) is 9.55 Å². The third-order valence-corrected chi connectivity index (χ3v) is 2.46. The van der Waals surface area contributed by atoms with Gasteiger partial charge in [0, 0.05) is 19.2 Å². The van der Waals surface area contributed by atoms with E-state index in [-0.39, 0.29) is 0 Å². The number of hydrogen-bond donors (Lipinski definition) is 0. The van der Waals surface area contributed by atoms with Gasteiger partial charge in [-0.1, -0.05) is 13.3 Å². The molecular formula is C10H18N2. The van der Waals surface area contributed by atoms with Crippen LogP contribution in [0, 0.1) is 13.8 Å². The van der Waals surface area contributed by atoms with Crippen LogP contribution in [0.1, 0.15) is 37.0 Å². The third-order valence-electron chi connectivity index (χ3n) is 2.46. The van der Waals surface area contributed by atoms with E-state index in [0.29, 0.717) is 0 Å². The van der Waals surface area contributed by atoms with Gasteiger partial charge in [0.1, 0.15) is 5.82 Å². The molecule has 0 unspecified atom stereocenters. The maximum absolute atomic E-state index is 4.51. The highest BCUT2D eigenvalue weighted by atomic mass is 15.1. The summed E-state index contributed by atoms with van der Waals surface area (Å²) in [5, 5.41) is 0. The molecule has 0 radical (unpaired) electrons. The van der Waals surface area contributed by atoms with Crippen molar-refractivity contribution in [2.45, 2.75) is 40.0 Å². The summed E-state index contributed by atoms with van der Waals surface area (Å²) in [4.78, 5) is 4.51. The lowest BCUT2D eigenvalue weighted by atomic mass is 10.2. The van der Waals surface area contributed by atoms with Gasteiger partial charge in [0.05, 0.1) is 5.69 Å². The van der Waals surface area contributed by atoms with Crippen LogP contribution in [0.3, 0.4) is 0 Å². The van der Waals surface area contributed by atoms with Gasteiger partial charge in [0.25, 0.3) is 0 Å². The number of aryl methyl sites for hydroxylation is 2. The van der Waals surface area contributed by atoms with Gasteiger partial charge in [-0.15, -0.1) is 0 Å². The number of aromatic nitrogens is 2. The van der Waals surface area contributed by atoms with Crippen LogP contribution in [0.2, 0.25) is 0 Å². The molecule has 0 spiro atoms. The number of unbranched alkanes of at least 4 members (excludes halogenated alkanes) is 1. The van der Waals surface area contributed by atoms with Crippen LogP contribution in [0.4, 0.5) is 0 Å². The predicted molar refractivity (Wildman–Crippen MR) is 51.3 cm³/mol. The van der Waals surface area contributed by atoms with Crippen molar-refractivity contribution < 1.29 is 0 Å². The molecule has 1 aromatic rings. The van der Waals surface area contributed by atoms with E-state index in [9.17, 15) is 0 Å². The molecule has 0 aromatic carbocycles. The first-order chi connectivity index (χ1) is 5.66. The Balaban J connectivity index is 2.79. The standard InChI is InChI=1S/C10H18N2/c1-5-6-7-10-11-8(2)9(3)12(10)4/h5-7H2,1-4H3. The molecule has 2 heteroatoms. The molecule has 12 heavy (non-hydrogen) atoms. The molecule has 0 amide bonds. The molecule has 2 nitrogen and oxygen atoms in total. The van der Waals surface area contributed by atoms with Crippen molar-refractivity contribution in [3.05, 3.63) is 17.2 Å². The number of rotatable bonds is 3. The Kier molecular flexibility index (Phi) is 2.90. The smallest absolute Gasteiger partial charge is 0.108 e. The van der Waals surface area contributed by atoms with E-state index in [4.69, 9.17) is 0 Å². The summed E-state index contributed by atoms with van der Waals surface area (Å²) in [6.07, 6.45) is 3.59. The van der Waals surface area contributed by atoms with Crippen molar-refractivity contribution in [2.75, 3.05) is 0 Å². The average Bonchev–Trinajstić information content (AvgIpc) is 2.30. The van der Waals surface area contributed by atoms with E-state index in [1.54, 1.807) is 0 Å². The maximum Gasteiger partial charge on any atom is 0.108 e. The first kappa shape index (κ1) is 9.30. The van der Waals surface area contributed by atoms with Crippen LogP contribution in [0.25, 0.3) is 0 Å². The quantitative estimate of drug-likeness (QED) is 0.674. The average molecular weight is 166 g/mol. The molecule has 1 rings (SSSR count). The highest BCUT2D eigenvalue weighted by molar-refractivity contribution is 5.13. The lowest BCUT2D eigenvalue weighted by Crippen LogP contribution is -1.99. The molecular weight excluding hydrogens is 148 g/mol. The van der Waals surface area contributed by atoms with Gasteiger partial charge in [-0.3, -0.25) is 0 Å². The summed E-state index contributed by atoms with van der Waals surface area (Å²) in [5.74, 6) is 1.23. The van der Waals surface area contributed by atoms with Crippen LogP contribution in [0.15, 0.2) is 0 Å². The topological polar surface area (TPSA) is 17.8 Å². The first-order valence-electron chi connectivity index (χ1n) is 4.65. The van der Waals surface area contributed by atoms with Gasteiger partial charge >= 0.3 is 0 Å². The summed E-state index contributed by atoms with van der Waals surface area (Å²) >= 11 is 0. The number of imidazole rings is 1. The Morgan fingerprint density at radius 1 is 1.33 bits per heavy atom. The SMILES string of the molecule is CCCCc1nc(C)c(C)n1C. The van der Waals surface area contributed by atoms with Gasteiger partial charge in [0.15, 0.2) is 0 Å². The minimum absolute atomic E-state index is 1.11. The zero-order chi connectivity index (χ0) is 9.14. The molecule has 0 fully saturated rings. The van der Waals surface area contributed by atoms with E-state index in [2.05, 4.69) is 37.4 Å². The molecule has 0 bridgehead atoms. The molecule has 0 saturated carbocycles. The van der Waals surface area contributed by atoms with Crippen LogP contribution in [-0.4, -0.2) is 9.55 Å². The Morgan fingerprint density at radius 3 is 2.42 bits per heavy atom. The summed E-state index contributed by atoms with van der Waals surface area (Å²) < 4.78 is 2.20. The van der Waals surface area contributed by atoms with E-state index in [1.807, 2.05) is 0 Å².